The van der Waals surface area contributed by atoms with Crippen LogP contribution in [-0.2, 0) is 14.6 Å². The molecule has 8 heteroatoms. The summed E-state index contributed by atoms with van der Waals surface area (Å²) in [5.74, 6) is -0.316. The monoisotopic (exact) mass is 369 g/mol. The molecule has 0 fully saturated rings. The maximum Gasteiger partial charge on any atom is 0.221 e. The van der Waals surface area contributed by atoms with Crippen molar-refractivity contribution in [1.29, 1.82) is 0 Å². The van der Waals surface area contributed by atoms with Crippen LogP contribution < -0.4 is 14.8 Å². The Labute approximate surface area is 147 Å². The van der Waals surface area contributed by atoms with E-state index in [0.717, 1.165) is 6.26 Å². The second-order valence-corrected chi connectivity index (χ2v) is 7.57. The Hall–Kier alpha value is -2.32. The van der Waals surface area contributed by atoms with Gasteiger partial charge in [0.25, 0.3) is 0 Å². The van der Waals surface area contributed by atoms with Crippen LogP contribution in [0.2, 0.25) is 0 Å². The molecule has 1 aromatic carbocycles. The van der Waals surface area contributed by atoms with Crippen LogP contribution in [0.25, 0.3) is 0 Å². The van der Waals surface area contributed by atoms with E-state index in [0.29, 0.717) is 0 Å². The largest absolute Gasteiger partial charge is 0.487 e. The fourth-order valence-electron chi connectivity index (χ4n) is 2.01. The Balaban J connectivity index is 3.40. The minimum absolute atomic E-state index is 0.152. The highest BCUT2D eigenvalue weighted by Gasteiger charge is 2.21. The summed E-state index contributed by atoms with van der Waals surface area (Å²) < 4.78 is 33.9. The van der Waals surface area contributed by atoms with E-state index in [2.05, 4.69) is 18.5 Å². The Morgan fingerprint density at radius 3 is 2.08 bits per heavy atom. The Morgan fingerprint density at radius 1 is 1.24 bits per heavy atom. The number of carbonyl (C=O) groups is 1. The highest BCUT2D eigenvalue weighted by Crippen LogP contribution is 2.38. The molecule has 25 heavy (non-hydrogen) atoms. The number of hydrogen-bond acceptors (Lipinski definition) is 6. The smallest absolute Gasteiger partial charge is 0.221 e. The van der Waals surface area contributed by atoms with E-state index in [9.17, 15) is 18.3 Å². The van der Waals surface area contributed by atoms with E-state index in [1.165, 1.54) is 31.2 Å². The predicted octanol–water partition coefficient (Wildman–Crippen LogP) is 1.85. The summed E-state index contributed by atoms with van der Waals surface area (Å²) in [7, 11) is -3.39. The summed E-state index contributed by atoms with van der Waals surface area (Å²) in [4.78, 5) is 11.5. The van der Waals surface area contributed by atoms with Gasteiger partial charge in [-0.05, 0) is 17.7 Å². The van der Waals surface area contributed by atoms with E-state index in [1.54, 1.807) is 0 Å². The topological polar surface area (TPSA) is 102 Å². The van der Waals surface area contributed by atoms with Gasteiger partial charge >= 0.3 is 0 Å². The van der Waals surface area contributed by atoms with Crippen molar-refractivity contribution in [3.05, 3.63) is 43.0 Å². The number of anilines is 1. The van der Waals surface area contributed by atoms with Crippen LogP contribution in [0, 0.1) is 0 Å². The van der Waals surface area contributed by atoms with Crippen molar-refractivity contribution < 1.29 is 27.8 Å². The van der Waals surface area contributed by atoms with Crippen molar-refractivity contribution in [3.63, 3.8) is 0 Å². The van der Waals surface area contributed by atoms with Crippen molar-refractivity contribution in [2.24, 2.45) is 0 Å². The van der Waals surface area contributed by atoms with Gasteiger partial charge < -0.3 is 19.9 Å². The van der Waals surface area contributed by atoms with Crippen molar-refractivity contribution in [2.45, 2.75) is 13.0 Å². The van der Waals surface area contributed by atoms with E-state index < -0.39 is 21.7 Å². The average molecular weight is 369 g/mol. The SMILES string of the molecule is C=CCOc1cc(C(O)CS(C)(=O)=O)cc(OCC=C)c1NC(C)=O. The van der Waals surface area contributed by atoms with Crippen LogP contribution in [0.1, 0.15) is 18.6 Å². The third-order valence-corrected chi connectivity index (χ3v) is 3.87. The van der Waals surface area contributed by atoms with Gasteiger partial charge in [0.05, 0.1) is 11.9 Å². The van der Waals surface area contributed by atoms with Crippen LogP contribution in [0.5, 0.6) is 11.5 Å². The first kappa shape index (κ1) is 20.7. The minimum Gasteiger partial charge on any atom is -0.487 e. The number of sulfone groups is 1. The van der Waals surface area contributed by atoms with Gasteiger partial charge in [-0.3, -0.25) is 4.79 Å². The molecule has 0 aliphatic carbocycles. The highest BCUT2D eigenvalue weighted by molar-refractivity contribution is 7.90. The van der Waals surface area contributed by atoms with Crippen LogP contribution >= 0.6 is 0 Å². The van der Waals surface area contributed by atoms with Gasteiger partial charge in [-0.15, -0.1) is 0 Å². The number of hydrogen-bond donors (Lipinski definition) is 2. The molecule has 1 amide bonds. The molecule has 7 nitrogen and oxygen atoms in total. The van der Waals surface area contributed by atoms with Gasteiger partial charge in [0.2, 0.25) is 5.91 Å². The molecule has 2 N–H and O–H groups in total. The molecule has 0 heterocycles. The zero-order chi connectivity index (χ0) is 19.0. The summed E-state index contributed by atoms with van der Waals surface area (Å²) >= 11 is 0. The molecule has 1 rings (SSSR count). The molecule has 0 bridgehead atoms. The Bertz CT molecular complexity index is 709. The molecule has 0 aliphatic heterocycles. The molecular formula is C17H23NO6S. The number of aliphatic hydroxyl groups is 1. The molecule has 0 radical (unpaired) electrons. The van der Waals surface area contributed by atoms with Crippen molar-refractivity contribution >= 4 is 21.4 Å². The Kier molecular flexibility index (Phi) is 7.66. The number of amides is 1. The first-order chi connectivity index (χ1) is 11.7. The van der Waals surface area contributed by atoms with Crippen LogP contribution in [0.4, 0.5) is 5.69 Å². The maximum absolute atomic E-state index is 11.5. The minimum atomic E-state index is -3.39. The molecule has 1 unspecified atom stereocenters. The summed E-state index contributed by atoms with van der Waals surface area (Å²) in [6.45, 7) is 8.76. The zero-order valence-corrected chi connectivity index (χ0v) is 15.1. The molecule has 0 aliphatic rings. The first-order valence-electron chi connectivity index (χ1n) is 7.46. The Morgan fingerprint density at radius 2 is 1.72 bits per heavy atom. The normalized spacial score (nSPS) is 12.1. The third kappa shape index (κ3) is 6.98. The highest BCUT2D eigenvalue weighted by atomic mass is 32.2. The summed E-state index contributed by atoms with van der Waals surface area (Å²) in [6.07, 6.45) is 2.80. The molecule has 1 aromatic rings. The molecule has 138 valence electrons. The first-order valence-corrected chi connectivity index (χ1v) is 9.52. The standard InChI is InChI=1S/C17H23NO6S/c1-5-7-23-15-9-13(14(20)11-25(4,21)22)10-16(24-8-6-2)17(15)18-12(3)19/h5-6,9-10,14,20H,1-2,7-8,11H2,3-4H3,(H,18,19). The lowest BCUT2D eigenvalue weighted by Gasteiger charge is -2.19. The second-order valence-electron chi connectivity index (χ2n) is 5.38. The van der Waals surface area contributed by atoms with E-state index in [4.69, 9.17) is 9.47 Å². The summed E-state index contributed by atoms with van der Waals surface area (Å²) in [5, 5.41) is 12.8. The lowest BCUT2D eigenvalue weighted by Crippen LogP contribution is -2.15. The zero-order valence-electron chi connectivity index (χ0n) is 14.3. The third-order valence-electron chi connectivity index (χ3n) is 2.95. The lowest BCUT2D eigenvalue weighted by molar-refractivity contribution is -0.114. The van der Waals surface area contributed by atoms with Crippen molar-refractivity contribution in [3.8, 4) is 11.5 Å². The van der Waals surface area contributed by atoms with Gasteiger partial charge in [0.15, 0.2) is 0 Å². The van der Waals surface area contributed by atoms with Crippen molar-refractivity contribution in [2.75, 3.05) is 30.5 Å². The van der Waals surface area contributed by atoms with Gasteiger partial charge in [-0.1, -0.05) is 25.3 Å². The second kappa shape index (κ2) is 9.24. The number of carbonyl (C=O) groups excluding carboxylic acids is 1. The number of benzene rings is 1. The molecule has 0 spiro atoms. The molecule has 1 atom stereocenters. The predicted molar refractivity (Wildman–Crippen MR) is 96.8 cm³/mol. The number of rotatable bonds is 10. The number of aliphatic hydroxyl groups excluding tert-OH is 1. The average Bonchev–Trinajstić information content (AvgIpc) is 2.50. The van der Waals surface area contributed by atoms with E-state index >= 15 is 0 Å². The van der Waals surface area contributed by atoms with Gasteiger partial charge in [-0.2, -0.15) is 0 Å². The van der Waals surface area contributed by atoms with Gasteiger partial charge in [0, 0.05) is 13.2 Å². The maximum atomic E-state index is 11.5. The quantitative estimate of drug-likeness (QED) is 0.610. The molecule has 0 aromatic heterocycles. The van der Waals surface area contributed by atoms with Crippen LogP contribution in [0.15, 0.2) is 37.4 Å². The van der Waals surface area contributed by atoms with Crippen molar-refractivity contribution in [1.82, 2.24) is 0 Å². The van der Waals surface area contributed by atoms with Gasteiger partial charge in [0.1, 0.15) is 40.2 Å². The van der Waals surface area contributed by atoms with Crippen LogP contribution in [0.3, 0.4) is 0 Å². The number of nitrogens with one attached hydrogen (secondary N) is 1. The number of ether oxygens (including phenoxy) is 2. The van der Waals surface area contributed by atoms with E-state index in [-0.39, 0.29) is 41.9 Å². The van der Waals surface area contributed by atoms with E-state index in [1.807, 2.05) is 0 Å². The lowest BCUT2D eigenvalue weighted by atomic mass is 10.1. The molecular weight excluding hydrogens is 346 g/mol. The molecule has 0 saturated heterocycles. The molecule has 0 saturated carbocycles. The summed E-state index contributed by atoms with van der Waals surface area (Å²) in [6, 6.07) is 2.93. The van der Waals surface area contributed by atoms with Gasteiger partial charge in [-0.25, -0.2) is 8.42 Å². The summed E-state index contributed by atoms with van der Waals surface area (Å²) in [5.41, 5.74) is 0.573. The fourth-order valence-corrected chi connectivity index (χ4v) is 2.78. The van der Waals surface area contributed by atoms with Crippen LogP contribution in [-0.4, -0.2) is 44.7 Å². The fraction of sp³-hybridized carbons (Fsp3) is 0.353.